The van der Waals surface area contributed by atoms with Gasteiger partial charge in [0.05, 0.1) is 13.0 Å². The van der Waals surface area contributed by atoms with E-state index in [1.807, 2.05) is 63.2 Å². The Bertz CT molecular complexity index is 723. The monoisotopic (exact) mass is 310 g/mol. The predicted molar refractivity (Wildman–Crippen MR) is 92.4 cm³/mol. The van der Waals surface area contributed by atoms with Gasteiger partial charge in [-0.15, -0.1) is 0 Å². The summed E-state index contributed by atoms with van der Waals surface area (Å²) in [6.07, 6.45) is 0.281. The van der Waals surface area contributed by atoms with Crippen LogP contribution in [0.3, 0.4) is 0 Å². The summed E-state index contributed by atoms with van der Waals surface area (Å²) >= 11 is 0. The number of rotatable bonds is 5. The largest absolute Gasteiger partial charge is 0.347 e. The van der Waals surface area contributed by atoms with Crippen molar-refractivity contribution < 1.29 is 9.59 Å². The number of anilines is 1. The predicted octanol–water partition coefficient (Wildman–Crippen LogP) is 2.91. The zero-order valence-electron chi connectivity index (χ0n) is 13.8. The van der Waals surface area contributed by atoms with E-state index >= 15 is 0 Å². The number of aryl methyl sites for hydroxylation is 3. The van der Waals surface area contributed by atoms with Gasteiger partial charge in [0.1, 0.15) is 0 Å². The van der Waals surface area contributed by atoms with E-state index in [4.69, 9.17) is 0 Å². The van der Waals surface area contributed by atoms with E-state index in [0.29, 0.717) is 0 Å². The molecule has 4 heteroatoms. The lowest BCUT2D eigenvalue weighted by Crippen LogP contribution is -2.34. The van der Waals surface area contributed by atoms with Gasteiger partial charge in [-0.25, -0.2) is 0 Å². The molecule has 0 aromatic heterocycles. The molecule has 0 spiro atoms. The van der Waals surface area contributed by atoms with E-state index in [9.17, 15) is 9.59 Å². The van der Waals surface area contributed by atoms with Crippen LogP contribution in [0.15, 0.2) is 42.5 Å². The van der Waals surface area contributed by atoms with Crippen LogP contribution in [0.4, 0.5) is 5.69 Å². The van der Waals surface area contributed by atoms with Gasteiger partial charge in [-0.05, 0) is 49.1 Å². The molecule has 0 saturated carbocycles. The number of carbonyl (C=O) groups is 2. The Morgan fingerprint density at radius 2 is 1.65 bits per heavy atom. The molecule has 0 aliphatic rings. The molecule has 0 fully saturated rings. The zero-order chi connectivity index (χ0) is 16.8. The van der Waals surface area contributed by atoms with Crippen molar-refractivity contribution in [2.75, 3.05) is 11.9 Å². The Hall–Kier alpha value is -2.62. The van der Waals surface area contributed by atoms with Gasteiger partial charge in [0, 0.05) is 5.69 Å². The minimum absolute atomic E-state index is 0.0297. The number of benzene rings is 2. The van der Waals surface area contributed by atoms with Crippen LogP contribution in [0.25, 0.3) is 0 Å². The number of carbonyl (C=O) groups excluding carboxylic acids is 2. The van der Waals surface area contributed by atoms with Gasteiger partial charge in [0.15, 0.2) is 0 Å². The molecule has 120 valence electrons. The minimum Gasteiger partial charge on any atom is -0.347 e. The van der Waals surface area contributed by atoms with Crippen molar-refractivity contribution in [1.82, 2.24) is 5.32 Å². The quantitative estimate of drug-likeness (QED) is 0.892. The second-order valence-electron chi connectivity index (χ2n) is 5.75. The summed E-state index contributed by atoms with van der Waals surface area (Å²) in [5.74, 6) is -0.382. The van der Waals surface area contributed by atoms with Crippen molar-refractivity contribution in [2.45, 2.75) is 27.2 Å². The second kappa shape index (κ2) is 7.58. The Labute approximate surface area is 136 Å². The summed E-state index contributed by atoms with van der Waals surface area (Å²) in [6, 6.07) is 13.6. The fourth-order valence-electron chi connectivity index (χ4n) is 2.29. The van der Waals surface area contributed by atoms with Gasteiger partial charge in [-0.3, -0.25) is 9.59 Å². The maximum Gasteiger partial charge on any atom is 0.243 e. The van der Waals surface area contributed by atoms with E-state index in [-0.39, 0.29) is 24.8 Å². The SMILES string of the molecule is Cc1ccc(C)c(NC(=O)CNC(=O)Cc2ccccc2C)c1. The van der Waals surface area contributed by atoms with Gasteiger partial charge in [-0.2, -0.15) is 0 Å². The first-order valence-corrected chi connectivity index (χ1v) is 7.64. The molecule has 2 rings (SSSR count). The van der Waals surface area contributed by atoms with E-state index in [2.05, 4.69) is 10.6 Å². The number of hydrogen-bond acceptors (Lipinski definition) is 2. The molecular weight excluding hydrogens is 288 g/mol. The lowest BCUT2D eigenvalue weighted by Gasteiger charge is -2.10. The maximum atomic E-state index is 12.0. The van der Waals surface area contributed by atoms with E-state index < -0.39 is 0 Å². The maximum absolute atomic E-state index is 12.0. The molecule has 2 amide bonds. The molecule has 0 atom stereocenters. The molecule has 23 heavy (non-hydrogen) atoms. The fraction of sp³-hybridized carbons (Fsp3) is 0.263. The molecule has 0 aliphatic carbocycles. The van der Waals surface area contributed by atoms with Gasteiger partial charge < -0.3 is 10.6 Å². The van der Waals surface area contributed by atoms with Crippen LogP contribution >= 0.6 is 0 Å². The van der Waals surface area contributed by atoms with Crippen molar-refractivity contribution in [3.8, 4) is 0 Å². The third-order valence-electron chi connectivity index (χ3n) is 3.73. The Morgan fingerprint density at radius 3 is 2.39 bits per heavy atom. The van der Waals surface area contributed by atoms with E-state index in [0.717, 1.165) is 27.9 Å². The molecule has 0 unspecified atom stereocenters. The van der Waals surface area contributed by atoms with Crippen LogP contribution in [0, 0.1) is 20.8 Å². The topological polar surface area (TPSA) is 58.2 Å². The van der Waals surface area contributed by atoms with Crippen molar-refractivity contribution in [3.05, 3.63) is 64.7 Å². The molecule has 0 bridgehead atoms. The van der Waals surface area contributed by atoms with Crippen molar-refractivity contribution in [2.24, 2.45) is 0 Å². The molecule has 0 heterocycles. The summed E-state index contributed by atoms with van der Waals surface area (Å²) in [5.41, 5.74) is 4.90. The summed E-state index contributed by atoms with van der Waals surface area (Å²) in [5, 5.41) is 5.49. The normalized spacial score (nSPS) is 10.2. The minimum atomic E-state index is -0.225. The highest BCUT2D eigenvalue weighted by Crippen LogP contribution is 2.16. The van der Waals surface area contributed by atoms with Crippen LogP contribution in [-0.4, -0.2) is 18.4 Å². The van der Waals surface area contributed by atoms with Gasteiger partial charge >= 0.3 is 0 Å². The van der Waals surface area contributed by atoms with Crippen LogP contribution < -0.4 is 10.6 Å². The second-order valence-corrected chi connectivity index (χ2v) is 5.75. The Morgan fingerprint density at radius 1 is 0.913 bits per heavy atom. The standard InChI is InChI=1S/C19H22N2O2/c1-13-8-9-15(3)17(10-13)21-19(23)12-20-18(22)11-16-7-5-4-6-14(16)2/h4-10H,11-12H2,1-3H3,(H,20,22)(H,21,23). The lowest BCUT2D eigenvalue weighted by molar-refractivity contribution is -0.123. The number of nitrogens with one attached hydrogen (secondary N) is 2. The molecule has 0 aliphatic heterocycles. The van der Waals surface area contributed by atoms with Crippen LogP contribution in [0.5, 0.6) is 0 Å². The highest BCUT2D eigenvalue weighted by molar-refractivity contribution is 5.95. The van der Waals surface area contributed by atoms with Crippen molar-refractivity contribution >= 4 is 17.5 Å². The lowest BCUT2D eigenvalue weighted by atomic mass is 10.1. The van der Waals surface area contributed by atoms with Crippen LogP contribution in [-0.2, 0) is 16.0 Å². The molecule has 2 aromatic carbocycles. The van der Waals surface area contributed by atoms with Crippen molar-refractivity contribution in [3.63, 3.8) is 0 Å². The fourth-order valence-corrected chi connectivity index (χ4v) is 2.29. The highest BCUT2D eigenvalue weighted by atomic mass is 16.2. The summed E-state index contributed by atoms with van der Waals surface area (Å²) in [6.45, 7) is 5.85. The van der Waals surface area contributed by atoms with Gasteiger partial charge in [-0.1, -0.05) is 36.4 Å². The van der Waals surface area contributed by atoms with E-state index in [1.165, 1.54) is 0 Å². The zero-order valence-corrected chi connectivity index (χ0v) is 13.8. The molecule has 2 N–H and O–H groups in total. The average molecular weight is 310 g/mol. The van der Waals surface area contributed by atoms with Gasteiger partial charge in [0.25, 0.3) is 0 Å². The first-order valence-electron chi connectivity index (χ1n) is 7.64. The highest BCUT2D eigenvalue weighted by Gasteiger charge is 2.09. The summed E-state index contributed by atoms with van der Waals surface area (Å²) < 4.78 is 0. The first-order chi connectivity index (χ1) is 11.0. The average Bonchev–Trinajstić information content (AvgIpc) is 2.51. The van der Waals surface area contributed by atoms with Crippen LogP contribution in [0.1, 0.15) is 22.3 Å². The molecule has 0 saturated heterocycles. The van der Waals surface area contributed by atoms with Crippen LogP contribution in [0.2, 0.25) is 0 Å². The first kappa shape index (κ1) is 16.7. The molecular formula is C19H22N2O2. The number of hydrogen-bond donors (Lipinski definition) is 2. The third-order valence-corrected chi connectivity index (χ3v) is 3.73. The number of amides is 2. The Kier molecular flexibility index (Phi) is 5.52. The molecule has 2 aromatic rings. The summed E-state index contributed by atoms with van der Waals surface area (Å²) in [7, 11) is 0. The smallest absolute Gasteiger partial charge is 0.243 e. The molecule has 4 nitrogen and oxygen atoms in total. The third kappa shape index (κ3) is 4.95. The Balaban J connectivity index is 1.85. The van der Waals surface area contributed by atoms with E-state index in [1.54, 1.807) is 0 Å². The molecule has 0 radical (unpaired) electrons. The van der Waals surface area contributed by atoms with Gasteiger partial charge in [0.2, 0.25) is 11.8 Å². The summed E-state index contributed by atoms with van der Waals surface area (Å²) in [4.78, 5) is 23.9. The van der Waals surface area contributed by atoms with Crippen molar-refractivity contribution in [1.29, 1.82) is 0 Å².